The van der Waals surface area contributed by atoms with Gasteiger partial charge in [-0.25, -0.2) is 4.98 Å². The molecule has 2 heterocycles. The minimum absolute atomic E-state index is 0.00214. The van der Waals surface area contributed by atoms with Gasteiger partial charge in [0.25, 0.3) is 5.91 Å². The summed E-state index contributed by atoms with van der Waals surface area (Å²) >= 11 is 0. The van der Waals surface area contributed by atoms with Crippen LogP contribution in [0.5, 0.6) is 5.88 Å². The number of nitrogens with one attached hydrogen (secondary N) is 3. The Morgan fingerprint density at radius 1 is 1.14 bits per heavy atom. The zero-order valence-electron chi connectivity index (χ0n) is 15.9. The summed E-state index contributed by atoms with van der Waals surface area (Å²) in [5, 5.41) is 13.2. The van der Waals surface area contributed by atoms with Gasteiger partial charge in [-0.15, -0.1) is 0 Å². The number of amides is 2. The number of fused-ring (bicyclic) bond motifs is 1. The molecular weight excluding hydrogens is 358 g/mol. The van der Waals surface area contributed by atoms with Crippen molar-refractivity contribution in [2.24, 2.45) is 0 Å². The first-order valence-corrected chi connectivity index (χ1v) is 9.13. The number of para-hydroxylation sites is 1. The van der Waals surface area contributed by atoms with Crippen molar-refractivity contribution in [3.63, 3.8) is 0 Å². The summed E-state index contributed by atoms with van der Waals surface area (Å²) in [4.78, 5) is 28.6. The molecule has 3 N–H and O–H groups in total. The summed E-state index contributed by atoms with van der Waals surface area (Å²) in [6.45, 7) is 4.37. The van der Waals surface area contributed by atoms with E-state index in [1.165, 1.54) is 0 Å². The van der Waals surface area contributed by atoms with E-state index in [4.69, 9.17) is 4.74 Å². The van der Waals surface area contributed by atoms with Crippen LogP contribution in [-0.4, -0.2) is 39.6 Å². The predicted octanol–water partition coefficient (Wildman–Crippen LogP) is 2.18. The zero-order chi connectivity index (χ0) is 19.9. The van der Waals surface area contributed by atoms with Crippen LogP contribution in [0.4, 0.5) is 0 Å². The Labute approximate surface area is 162 Å². The largest absolute Gasteiger partial charge is 0.475 e. The van der Waals surface area contributed by atoms with E-state index >= 15 is 0 Å². The van der Waals surface area contributed by atoms with Gasteiger partial charge in [0, 0.05) is 36.7 Å². The van der Waals surface area contributed by atoms with Crippen molar-refractivity contribution in [2.45, 2.75) is 32.9 Å². The maximum Gasteiger partial charge on any atom is 0.272 e. The molecule has 1 aromatic carbocycles. The number of hydrogen-bond donors (Lipinski definition) is 3. The molecule has 0 saturated carbocycles. The average Bonchev–Trinajstić information content (AvgIpc) is 3.11. The van der Waals surface area contributed by atoms with E-state index in [9.17, 15) is 9.59 Å². The fourth-order valence-electron chi connectivity index (χ4n) is 2.68. The number of nitrogens with zero attached hydrogens (tertiary/aromatic N) is 2. The SMILES string of the molecule is CC(C)Oc1ncccc1CNC(=O)CCNC(=O)c1n[nH]c2ccccc12. The summed E-state index contributed by atoms with van der Waals surface area (Å²) in [6, 6.07) is 11.0. The highest BCUT2D eigenvalue weighted by Crippen LogP contribution is 2.16. The van der Waals surface area contributed by atoms with E-state index in [1.807, 2.05) is 44.2 Å². The van der Waals surface area contributed by atoms with Crippen molar-refractivity contribution < 1.29 is 14.3 Å². The van der Waals surface area contributed by atoms with Crippen LogP contribution in [-0.2, 0) is 11.3 Å². The fourth-order valence-corrected chi connectivity index (χ4v) is 2.68. The first-order valence-electron chi connectivity index (χ1n) is 9.13. The lowest BCUT2D eigenvalue weighted by molar-refractivity contribution is -0.121. The monoisotopic (exact) mass is 381 g/mol. The lowest BCUT2D eigenvalue weighted by Crippen LogP contribution is -2.31. The molecule has 0 aliphatic rings. The van der Waals surface area contributed by atoms with Gasteiger partial charge in [0.05, 0.1) is 11.6 Å². The van der Waals surface area contributed by atoms with Gasteiger partial charge in [-0.05, 0) is 26.0 Å². The summed E-state index contributed by atoms with van der Waals surface area (Å²) in [6.07, 6.45) is 1.81. The second-order valence-corrected chi connectivity index (χ2v) is 6.53. The molecule has 0 radical (unpaired) electrons. The van der Waals surface area contributed by atoms with E-state index in [0.29, 0.717) is 18.1 Å². The third-order valence-corrected chi connectivity index (χ3v) is 4.00. The van der Waals surface area contributed by atoms with E-state index in [2.05, 4.69) is 25.8 Å². The molecule has 146 valence electrons. The normalized spacial score (nSPS) is 10.8. The van der Waals surface area contributed by atoms with Crippen LogP contribution in [0.1, 0.15) is 36.3 Å². The van der Waals surface area contributed by atoms with Crippen LogP contribution in [0.25, 0.3) is 10.9 Å². The standard InChI is InChI=1S/C20H23N5O3/c1-13(2)28-20-14(6-5-10-22-20)12-23-17(26)9-11-21-19(27)18-15-7-3-4-8-16(15)24-25-18/h3-8,10,13H,9,11-12H2,1-2H3,(H,21,27)(H,23,26)(H,24,25). The Morgan fingerprint density at radius 2 is 1.96 bits per heavy atom. The van der Waals surface area contributed by atoms with Gasteiger partial charge in [-0.3, -0.25) is 14.7 Å². The zero-order valence-corrected chi connectivity index (χ0v) is 15.9. The highest BCUT2D eigenvalue weighted by molar-refractivity contribution is 6.04. The number of benzene rings is 1. The topological polar surface area (TPSA) is 109 Å². The molecule has 0 spiro atoms. The lowest BCUT2D eigenvalue weighted by Gasteiger charge is -2.13. The Balaban J connectivity index is 1.47. The molecule has 0 saturated heterocycles. The first-order chi connectivity index (χ1) is 13.5. The maximum absolute atomic E-state index is 12.3. The summed E-state index contributed by atoms with van der Waals surface area (Å²) in [7, 11) is 0. The van der Waals surface area contributed by atoms with Crippen molar-refractivity contribution in [2.75, 3.05) is 6.54 Å². The highest BCUT2D eigenvalue weighted by atomic mass is 16.5. The van der Waals surface area contributed by atoms with Gasteiger partial charge in [0.2, 0.25) is 11.8 Å². The summed E-state index contributed by atoms with van der Waals surface area (Å²) < 4.78 is 5.64. The molecule has 2 amide bonds. The Hall–Kier alpha value is -3.42. The molecule has 28 heavy (non-hydrogen) atoms. The number of H-pyrrole nitrogens is 1. The smallest absolute Gasteiger partial charge is 0.272 e. The first kappa shape index (κ1) is 19.3. The molecule has 2 aromatic heterocycles. The minimum atomic E-state index is -0.315. The lowest BCUT2D eigenvalue weighted by atomic mass is 10.2. The van der Waals surface area contributed by atoms with Gasteiger partial charge in [-0.1, -0.05) is 24.3 Å². The average molecular weight is 381 g/mol. The fraction of sp³-hybridized carbons (Fsp3) is 0.300. The third kappa shape index (κ3) is 4.85. The molecule has 3 aromatic rings. The number of pyridine rings is 1. The number of aromatic nitrogens is 3. The molecule has 0 atom stereocenters. The quantitative estimate of drug-likeness (QED) is 0.554. The summed E-state index contributed by atoms with van der Waals surface area (Å²) in [5.41, 5.74) is 1.92. The number of ether oxygens (including phenoxy) is 1. The molecule has 8 nitrogen and oxygen atoms in total. The molecule has 0 fully saturated rings. The molecule has 0 unspecified atom stereocenters. The number of rotatable bonds is 8. The van der Waals surface area contributed by atoms with Crippen molar-refractivity contribution in [3.05, 3.63) is 53.9 Å². The van der Waals surface area contributed by atoms with Crippen molar-refractivity contribution in [1.82, 2.24) is 25.8 Å². The van der Waals surface area contributed by atoms with E-state index in [-0.39, 0.29) is 30.9 Å². The van der Waals surface area contributed by atoms with Crippen molar-refractivity contribution in [3.8, 4) is 5.88 Å². The third-order valence-electron chi connectivity index (χ3n) is 4.00. The van der Waals surface area contributed by atoms with Gasteiger partial charge >= 0.3 is 0 Å². The number of carbonyl (C=O) groups is 2. The molecular formula is C20H23N5O3. The second-order valence-electron chi connectivity index (χ2n) is 6.53. The molecule has 0 aliphatic heterocycles. The van der Waals surface area contributed by atoms with Gasteiger partial charge in [0.1, 0.15) is 0 Å². The predicted molar refractivity (Wildman–Crippen MR) is 105 cm³/mol. The van der Waals surface area contributed by atoms with Crippen molar-refractivity contribution in [1.29, 1.82) is 0 Å². The highest BCUT2D eigenvalue weighted by Gasteiger charge is 2.14. The molecule has 3 rings (SSSR count). The molecule has 8 heteroatoms. The number of carbonyl (C=O) groups excluding carboxylic acids is 2. The van der Waals surface area contributed by atoms with Gasteiger partial charge in [0.15, 0.2) is 5.69 Å². The second kappa shape index (κ2) is 8.98. The minimum Gasteiger partial charge on any atom is -0.475 e. The van der Waals surface area contributed by atoms with E-state index in [0.717, 1.165) is 16.5 Å². The van der Waals surface area contributed by atoms with Crippen molar-refractivity contribution >= 4 is 22.7 Å². The number of hydrogen-bond acceptors (Lipinski definition) is 5. The summed E-state index contributed by atoms with van der Waals surface area (Å²) in [5.74, 6) is 0.0215. The van der Waals surface area contributed by atoms with Crippen LogP contribution < -0.4 is 15.4 Å². The Kier molecular flexibility index (Phi) is 6.21. The van der Waals surface area contributed by atoms with Crippen LogP contribution in [0.2, 0.25) is 0 Å². The molecule has 0 bridgehead atoms. The number of aromatic amines is 1. The Bertz CT molecular complexity index is 967. The maximum atomic E-state index is 12.3. The van der Waals surface area contributed by atoms with Crippen LogP contribution in [0.3, 0.4) is 0 Å². The van der Waals surface area contributed by atoms with E-state index < -0.39 is 0 Å². The van der Waals surface area contributed by atoms with Gasteiger partial charge < -0.3 is 15.4 Å². The Morgan fingerprint density at radius 3 is 2.79 bits per heavy atom. The van der Waals surface area contributed by atoms with Gasteiger partial charge in [-0.2, -0.15) is 5.10 Å². The van der Waals surface area contributed by atoms with E-state index in [1.54, 1.807) is 12.3 Å². The molecule has 0 aliphatic carbocycles. The van der Waals surface area contributed by atoms with Crippen LogP contribution in [0.15, 0.2) is 42.6 Å². The van der Waals surface area contributed by atoms with Crippen LogP contribution >= 0.6 is 0 Å². The van der Waals surface area contributed by atoms with Crippen LogP contribution in [0, 0.1) is 0 Å².